The van der Waals surface area contributed by atoms with Gasteiger partial charge >= 0.3 is 0 Å². The van der Waals surface area contributed by atoms with Gasteiger partial charge in [0.15, 0.2) is 5.76 Å². The molecule has 1 N–H and O–H groups in total. The van der Waals surface area contributed by atoms with E-state index in [1.54, 1.807) is 0 Å². The number of hydrogen-bond acceptors (Lipinski definition) is 6. The summed E-state index contributed by atoms with van der Waals surface area (Å²) < 4.78 is 63.5. The van der Waals surface area contributed by atoms with Crippen LogP contribution in [0.4, 0.5) is 14.5 Å². The van der Waals surface area contributed by atoms with Crippen LogP contribution in [0.2, 0.25) is 0 Å². The molecule has 0 bridgehead atoms. The molecule has 2 aromatic heterocycles. The zero-order valence-corrected chi connectivity index (χ0v) is 14.0. The van der Waals surface area contributed by atoms with Crippen molar-refractivity contribution in [2.24, 2.45) is 0 Å². The lowest BCUT2D eigenvalue weighted by molar-refractivity contribution is 0.429. The summed E-state index contributed by atoms with van der Waals surface area (Å²) in [5, 5.41) is 7.15. The minimum Gasteiger partial charge on any atom is -0.438 e. The highest BCUT2D eigenvalue weighted by molar-refractivity contribution is 7.92. The Morgan fingerprint density at radius 2 is 1.72 bits per heavy atom. The number of halogens is 2. The molecular weight excluding hydrogens is 356 g/mol. The van der Waals surface area contributed by atoms with Crippen LogP contribution in [0.15, 0.2) is 44.3 Å². The number of nitrogens with zero attached hydrogens (tertiary/aromatic N) is 2. The summed E-state index contributed by atoms with van der Waals surface area (Å²) in [6.45, 7) is 3.72. The fraction of sp³-hybridized carbons (Fsp3) is 0.200. The molecule has 25 heavy (non-hydrogen) atoms. The SMILES string of the molecule is CC(C)c1nnc(-c2ccc(S(=O)(=O)Nc3cc(F)cc(F)c3)o2)o1. The highest BCUT2D eigenvalue weighted by Gasteiger charge is 2.22. The summed E-state index contributed by atoms with van der Waals surface area (Å²) >= 11 is 0. The Bertz CT molecular complexity index is 991. The van der Waals surface area contributed by atoms with E-state index < -0.39 is 26.8 Å². The number of aromatic nitrogens is 2. The van der Waals surface area contributed by atoms with Gasteiger partial charge in [0.05, 0.1) is 5.69 Å². The van der Waals surface area contributed by atoms with Crippen molar-refractivity contribution < 1.29 is 26.0 Å². The third-order valence-corrected chi connectivity index (χ3v) is 4.36. The predicted octanol–water partition coefficient (Wildman–Crippen LogP) is 3.53. The molecule has 7 nitrogen and oxygen atoms in total. The minimum atomic E-state index is -4.18. The van der Waals surface area contributed by atoms with Gasteiger partial charge in [-0.1, -0.05) is 13.8 Å². The highest BCUT2D eigenvalue weighted by atomic mass is 32.2. The Labute approximate surface area is 141 Å². The normalized spacial score (nSPS) is 11.9. The summed E-state index contributed by atoms with van der Waals surface area (Å²) in [5.41, 5.74) is -0.268. The van der Waals surface area contributed by atoms with Crippen LogP contribution in [0.5, 0.6) is 0 Å². The smallest absolute Gasteiger partial charge is 0.295 e. The van der Waals surface area contributed by atoms with E-state index in [-0.39, 0.29) is 23.3 Å². The lowest BCUT2D eigenvalue weighted by atomic mass is 10.2. The van der Waals surface area contributed by atoms with Gasteiger partial charge in [0.2, 0.25) is 11.0 Å². The topological polar surface area (TPSA) is 98.2 Å². The Kier molecular flexibility index (Phi) is 4.29. The zero-order chi connectivity index (χ0) is 18.2. The van der Waals surface area contributed by atoms with Crippen LogP contribution in [0.25, 0.3) is 11.7 Å². The van der Waals surface area contributed by atoms with Gasteiger partial charge in [-0.2, -0.15) is 8.42 Å². The molecule has 0 radical (unpaired) electrons. The molecule has 0 atom stereocenters. The highest BCUT2D eigenvalue weighted by Crippen LogP contribution is 2.26. The van der Waals surface area contributed by atoms with E-state index in [4.69, 9.17) is 8.83 Å². The van der Waals surface area contributed by atoms with E-state index >= 15 is 0 Å². The average molecular weight is 369 g/mol. The van der Waals surface area contributed by atoms with Crippen LogP contribution in [0.3, 0.4) is 0 Å². The molecule has 0 saturated carbocycles. The molecule has 0 aliphatic carbocycles. The van der Waals surface area contributed by atoms with E-state index in [1.165, 1.54) is 12.1 Å². The fourth-order valence-corrected chi connectivity index (χ4v) is 2.94. The van der Waals surface area contributed by atoms with Gasteiger partial charge in [-0.3, -0.25) is 4.72 Å². The number of nitrogens with one attached hydrogen (secondary N) is 1. The predicted molar refractivity (Wildman–Crippen MR) is 83.3 cm³/mol. The monoisotopic (exact) mass is 369 g/mol. The minimum absolute atomic E-state index is 0.00366. The number of anilines is 1. The van der Waals surface area contributed by atoms with Crippen molar-refractivity contribution in [1.82, 2.24) is 10.2 Å². The summed E-state index contributed by atoms with van der Waals surface area (Å²) in [6, 6.07) is 4.84. The first kappa shape index (κ1) is 17.1. The maximum Gasteiger partial charge on any atom is 0.295 e. The Morgan fingerprint density at radius 1 is 1.04 bits per heavy atom. The van der Waals surface area contributed by atoms with Gasteiger partial charge in [-0.25, -0.2) is 8.78 Å². The second-order valence-corrected chi connectivity index (χ2v) is 7.10. The molecule has 0 aliphatic heterocycles. The lowest BCUT2D eigenvalue weighted by Gasteiger charge is -2.05. The second kappa shape index (κ2) is 6.28. The second-order valence-electron chi connectivity index (χ2n) is 5.48. The van der Waals surface area contributed by atoms with Crippen LogP contribution >= 0.6 is 0 Å². The van der Waals surface area contributed by atoms with Gasteiger partial charge in [0.25, 0.3) is 15.9 Å². The first-order chi connectivity index (χ1) is 11.7. The van der Waals surface area contributed by atoms with Crippen molar-refractivity contribution in [3.8, 4) is 11.7 Å². The molecule has 0 saturated heterocycles. The molecule has 0 fully saturated rings. The van der Waals surface area contributed by atoms with Gasteiger partial charge in [-0.05, 0) is 24.3 Å². The summed E-state index contributed by atoms with van der Waals surface area (Å²) in [4.78, 5) is 0. The Hall–Kier alpha value is -2.75. The molecule has 132 valence electrons. The van der Waals surface area contributed by atoms with E-state index in [0.29, 0.717) is 12.0 Å². The quantitative estimate of drug-likeness (QED) is 0.739. The maximum atomic E-state index is 13.2. The van der Waals surface area contributed by atoms with Crippen LogP contribution in [-0.4, -0.2) is 18.6 Å². The largest absolute Gasteiger partial charge is 0.438 e. The summed E-state index contributed by atoms with van der Waals surface area (Å²) in [5.74, 6) is -1.35. The van der Waals surface area contributed by atoms with Gasteiger partial charge < -0.3 is 8.83 Å². The number of hydrogen-bond donors (Lipinski definition) is 1. The summed E-state index contributed by atoms with van der Waals surface area (Å²) in [6.07, 6.45) is 0. The number of furan rings is 1. The van der Waals surface area contributed by atoms with Crippen molar-refractivity contribution in [3.05, 3.63) is 47.9 Å². The van der Waals surface area contributed by atoms with E-state index in [1.807, 2.05) is 18.6 Å². The van der Waals surface area contributed by atoms with Crippen molar-refractivity contribution in [3.63, 3.8) is 0 Å². The molecule has 3 aromatic rings. The van der Waals surface area contributed by atoms with Gasteiger partial charge in [-0.15, -0.1) is 10.2 Å². The molecule has 0 unspecified atom stereocenters. The van der Waals surface area contributed by atoms with Crippen LogP contribution in [-0.2, 0) is 10.0 Å². The van der Waals surface area contributed by atoms with E-state index in [2.05, 4.69) is 10.2 Å². The number of benzene rings is 1. The molecule has 3 rings (SSSR count). The first-order valence-electron chi connectivity index (χ1n) is 7.17. The van der Waals surface area contributed by atoms with Gasteiger partial charge in [0.1, 0.15) is 11.6 Å². The molecule has 1 aromatic carbocycles. The number of rotatable bonds is 5. The van der Waals surface area contributed by atoms with Crippen LogP contribution in [0.1, 0.15) is 25.7 Å². The Balaban J connectivity index is 1.87. The first-order valence-corrected chi connectivity index (χ1v) is 8.65. The summed E-state index contributed by atoms with van der Waals surface area (Å²) in [7, 11) is -4.18. The average Bonchev–Trinajstić information content (AvgIpc) is 3.15. The van der Waals surface area contributed by atoms with Gasteiger partial charge in [0, 0.05) is 12.0 Å². The zero-order valence-electron chi connectivity index (χ0n) is 13.2. The Morgan fingerprint density at radius 3 is 2.32 bits per heavy atom. The van der Waals surface area contributed by atoms with E-state index in [0.717, 1.165) is 12.1 Å². The van der Waals surface area contributed by atoms with Crippen LogP contribution < -0.4 is 4.72 Å². The molecule has 2 heterocycles. The lowest BCUT2D eigenvalue weighted by Crippen LogP contribution is -2.12. The standard InChI is InChI=1S/C15H13F2N3O4S/c1-8(2)14-18-19-15(24-14)12-3-4-13(23-12)25(21,22)20-11-6-9(16)5-10(17)7-11/h3-8,20H,1-2H3. The van der Waals surface area contributed by atoms with Crippen molar-refractivity contribution in [2.75, 3.05) is 4.72 Å². The molecule has 0 aliphatic rings. The third kappa shape index (κ3) is 3.68. The maximum absolute atomic E-state index is 13.2. The van der Waals surface area contributed by atoms with Crippen molar-refractivity contribution in [2.45, 2.75) is 24.9 Å². The third-order valence-electron chi connectivity index (χ3n) is 3.11. The van der Waals surface area contributed by atoms with Crippen LogP contribution in [0, 0.1) is 11.6 Å². The molecule has 10 heteroatoms. The van der Waals surface area contributed by atoms with E-state index in [9.17, 15) is 17.2 Å². The molecule has 0 spiro atoms. The molecular formula is C15H13F2N3O4S. The van der Waals surface area contributed by atoms with Crippen molar-refractivity contribution >= 4 is 15.7 Å². The number of sulfonamides is 1. The fourth-order valence-electron chi connectivity index (χ4n) is 1.97. The molecule has 0 amide bonds. The van der Waals surface area contributed by atoms with Crippen molar-refractivity contribution in [1.29, 1.82) is 0 Å².